The molecule has 0 radical (unpaired) electrons. The zero-order valence-electron chi connectivity index (χ0n) is 10.3. The fourth-order valence-electron chi connectivity index (χ4n) is 2.69. The highest BCUT2D eigenvalue weighted by atomic mass is 35.5. The van der Waals surface area contributed by atoms with Gasteiger partial charge in [-0.25, -0.2) is 0 Å². The molecule has 4 heteroatoms. The lowest BCUT2D eigenvalue weighted by Gasteiger charge is -2.24. The minimum Gasteiger partial charge on any atom is -0.504 e. The van der Waals surface area contributed by atoms with Gasteiger partial charge in [0.05, 0.1) is 6.54 Å². The number of hydrogen-bond acceptors (Lipinski definition) is 2. The number of quaternary nitrogens is 1. The molecular weight excluding hydrogens is 262 g/mol. The van der Waals surface area contributed by atoms with Crippen LogP contribution in [0.25, 0.3) is 0 Å². The number of halogens is 1. The lowest BCUT2D eigenvalue weighted by Crippen LogP contribution is -2.87. The summed E-state index contributed by atoms with van der Waals surface area (Å²) < 4.78 is 0. The van der Waals surface area contributed by atoms with Gasteiger partial charge in [-0.1, -0.05) is 23.7 Å². The highest BCUT2D eigenvalue weighted by Crippen LogP contribution is 2.34. The number of hydrogen-bond donors (Lipinski definition) is 3. The molecule has 1 atom stereocenters. The number of aromatic hydroxyl groups is 2. The van der Waals surface area contributed by atoms with Crippen LogP contribution in [-0.4, -0.2) is 16.8 Å². The molecule has 2 aromatic carbocycles. The average molecular weight is 277 g/mol. The summed E-state index contributed by atoms with van der Waals surface area (Å²) in [7, 11) is 0. The topological polar surface area (TPSA) is 57.1 Å². The summed E-state index contributed by atoms with van der Waals surface area (Å²) in [4.78, 5) is 0. The largest absolute Gasteiger partial charge is 0.504 e. The molecule has 3 rings (SSSR count). The van der Waals surface area contributed by atoms with Crippen LogP contribution in [-0.2, 0) is 6.42 Å². The number of rotatable bonds is 1. The Morgan fingerprint density at radius 1 is 1.11 bits per heavy atom. The Kier molecular flexibility index (Phi) is 3.09. The van der Waals surface area contributed by atoms with Crippen molar-refractivity contribution in [2.45, 2.75) is 12.5 Å². The van der Waals surface area contributed by atoms with Crippen LogP contribution in [0.4, 0.5) is 0 Å². The van der Waals surface area contributed by atoms with E-state index in [1.54, 1.807) is 12.1 Å². The summed E-state index contributed by atoms with van der Waals surface area (Å²) in [6, 6.07) is 11.2. The Balaban J connectivity index is 2.10. The van der Waals surface area contributed by atoms with E-state index < -0.39 is 0 Å². The number of benzene rings is 2. The number of fused-ring (bicyclic) bond motifs is 1. The van der Waals surface area contributed by atoms with Gasteiger partial charge in [-0.2, -0.15) is 0 Å². The van der Waals surface area contributed by atoms with Gasteiger partial charge in [0, 0.05) is 22.6 Å². The molecule has 0 fully saturated rings. The maximum atomic E-state index is 9.70. The van der Waals surface area contributed by atoms with Crippen molar-refractivity contribution in [3.63, 3.8) is 0 Å². The first-order chi connectivity index (χ1) is 9.15. The zero-order chi connectivity index (χ0) is 13.4. The van der Waals surface area contributed by atoms with E-state index in [-0.39, 0.29) is 17.5 Å². The van der Waals surface area contributed by atoms with Gasteiger partial charge < -0.3 is 15.5 Å². The van der Waals surface area contributed by atoms with E-state index in [0.29, 0.717) is 5.02 Å². The predicted molar refractivity (Wildman–Crippen MR) is 73.6 cm³/mol. The van der Waals surface area contributed by atoms with Crippen LogP contribution in [0.15, 0.2) is 36.4 Å². The van der Waals surface area contributed by atoms with E-state index in [0.717, 1.165) is 29.7 Å². The second-order valence-corrected chi connectivity index (χ2v) is 5.28. The summed E-state index contributed by atoms with van der Waals surface area (Å²) in [6.45, 7) is 0.953. The highest BCUT2D eigenvalue weighted by Gasteiger charge is 2.26. The van der Waals surface area contributed by atoms with Crippen molar-refractivity contribution in [1.29, 1.82) is 0 Å². The molecule has 0 aromatic heterocycles. The Morgan fingerprint density at radius 2 is 1.89 bits per heavy atom. The first-order valence-corrected chi connectivity index (χ1v) is 6.66. The van der Waals surface area contributed by atoms with Gasteiger partial charge in [-0.15, -0.1) is 0 Å². The molecule has 1 aliphatic heterocycles. The van der Waals surface area contributed by atoms with Gasteiger partial charge in [-0.05, 0) is 29.8 Å². The molecule has 0 aliphatic carbocycles. The Morgan fingerprint density at radius 3 is 2.68 bits per heavy atom. The quantitative estimate of drug-likeness (QED) is 0.698. The van der Waals surface area contributed by atoms with Crippen molar-refractivity contribution in [3.8, 4) is 11.5 Å². The molecule has 0 bridgehead atoms. The number of phenols is 2. The minimum atomic E-state index is -0.0684. The molecule has 98 valence electrons. The van der Waals surface area contributed by atoms with Gasteiger partial charge in [0.15, 0.2) is 11.5 Å². The van der Waals surface area contributed by atoms with E-state index in [1.165, 1.54) is 0 Å². The Labute approximate surface area is 116 Å². The molecule has 4 N–H and O–H groups in total. The van der Waals surface area contributed by atoms with Gasteiger partial charge in [0.2, 0.25) is 0 Å². The van der Waals surface area contributed by atoms with E-state index in [1.807, 2.05) is 24.3 Å². The summed E-state index contributed by atoms with van der Waals surface area (Å²) >= 11 is 6.04. The lowest BCUT2D eigenvalue weighted by atomic mass is 9.89. The molecule has 0 saturated carbocycles. The van der Waals surface area contributed by atoms with Gasteiger partial charge in [0.25, 0.3) is 0 Å². The summed E-state index contributed by atoms with van der Waals surface area (Å²) in [5, 5.41) is 22.2. The molecule has 19 heavy (non-hydrogen) atoms. The van der Waals surface area contributed by atoms with Crippen LogP contribution in [0, 0.1) is 0 Å². The van der Waals surface area contributed by atoms with Crippen LogP contribution < -0.4 is 5.32 Å². The molecule has 0 amide bonds. The molecule has 2 aromatic rings. The van der Waals surface area contributed by atoms with Crippen LogP contribution >= 0.6 is 11.6 Å². The standard InChI is InChI=1S/C15H14ClNO2/c16-11-3-1-2-10(6-11)15-12-8-14(19)13(18)7-9(12)4-5-17-15/h1-3,6-8,15,17-19H,4-5H2/p+1/t15-/m0/s1. The third-order valence-corrected chi connectivity index (χ3v) is 3.83. The minimum absolute atomic E-state index is 0.0505. The molecular formula is C15H15ClNO2+. The van der Waals surface area contributed by atoms with E-state index in [4.69, 9.17) is 11.6 Å². The number of nitrogens with two attached hydrogens (primary N) is 1. The second kappa shape index (κ2) is 4.76. The summed E-state index contributed by atoms with van der Waals surface area (Å²) in [6.07, 6.45) is 0.889. The molecule has 0 saturated heterocycles. The fourth-order valence-corrected chi connectivity index (χ4v) is 2.89. The Bertz CT molecular complexity index is 628. The fraction of sp³-hybridized carbons (Fsp3) is 0.200. The lowest BCUT2D eigenvalue weighted by molar-refractivity contribution is -0.690. The van der Waals surface area contributed by atoms with Crippen molar-refractivity contribution in [2.75, 3.05) is 6.54 Å². The van der Waals surface area contributed by atoms with Gasteiger partial charge >= 0.3 is 0 Å². The van der Waals surface area contributed by atoms with Crippen molar-refractivity contribution in [3.05, 3.63) is 58.1 Å². The van der Waals surface area contributed by atoms with Crippen LogP contribution in [0.3, 0.4) is 0 Å². The van der Waals surface area contributed by atoms with E-state index in [9.17, 15) is 10.2 Å². The predicted octanol–water partition coefficient (Wildman–Crippen LogP) is 1.96. The molecule has 0 spiro atoms. The van der Waals surface area contributed by atoms with Crippen molar-refractivity contribution >= 4 is 11.6 Å². The maximum Gasteiger partial charge on any atom is 0.157 e. The van der Waals surface area contributed by atoms with Crippen LogP contribution in [0.5, 0.6) is 11.5 Å². The summed E-state index contributed by atoms with van der Waals surface area (Å²) in [5.74, 6) is -0.119. The Hall–Kier alpha value is -1.71. The molecule has 3 nitrogen and oxygen atoms in total. The first-order valence-electron chi connectivity index (χ1n) is 6.28. The maximum absolute atomic E-state index is 9.70. The second-order valence-electron chi connectivity index (χ2n) is 4.85. The van der Waals surface area contributed by atoms with Crippen LogP contribution in [0.2, 0.25) is 5.02 Å². The van der Waals surface area contributed by atoms with Crippen molar-refractivity contribution < 1.29 is 15.5 Å². The molecule has 1 heterocycles. The van der Waals surface area contributed by atoms with Gasteiger partial charge in [0.1, 0.15) is 6.04 Å². The van der Waals surface area contributed by atoms with E-state index in [2.05, 4.69) is 5.32 Å². The average Bonchev–Trinajstić information content (AvgIpc) is 2.39. The third-order valence-electron chi connectivity index (χ3n) is 3.60. The monoisotopic (exact) mass is 276 g/mol. The van der Waals surface area contributed by atoms with Gasteiger partial charge in [-0.3, -0.25) is 0 Å². The smallest absolute Gasteiger partial charge is 0.157 e. The number of phenolic OH excluding ortho intramolecular Hbond substituents is 2. The molecule has 1 aliphatic rings. The van der Waals surface area contributed by atoms with Crippen molar-refractivity contribution in [1.82, 2.24) is 0 Å². The summed E-state index contributed by atoms with van der Waals surface area (Å²) in [5.41, 5.74) is 3.24. The SMILES string of the molecule is Oc1cc2c(cc1O)[C@H](c1cccc(Cl)c1)[NH2+]CC2. The third kappa shape index (κ3) is 2.27. The zero-order valence-corrected chi connectivity index (χ0v) is 11.1. The van der Waals surface area contributed by atoms with E-state index >= 15 is 0 Å². The first kappa shape index (κ1) is 12.3. The normalized spacial score (nSPS) is 18.1. The molecule has 0 unspecified atom stereocenters. The highest BCUT2D eigenvalue weighted by molar-refractivity contribution is 6.30. The van der Waals surface area contributed by atoms with Crippen LogP contribution in [0.1, 0.15) is 22.7 Å². The van der Waals surface area contributed by atoms with Crippen molar-refractivity contribution in [2.24, 2.45) is 0 Å².